The van der Waals surface area contributed by atoms with E-state index in [1.54, 1.807) is 0 Å². The van der Waals surface area contributed by atoms with Crippen molar-refractivity contribution < 1.29 is 13.2 Å². The third kappa shape index (κ3) is 3.51. The minimum Gasteiger partial charge on any atom is -0.334 e. The van der Waals surface area contributed by atoms with Gasteiger partial charge in [-0.3, -0.25) is 14.2 Å². The van der Waals surface area contributed by atoms with Crippen molar-refractivity contribution in [1.29, 1.82) is 5.26 Å². The highest BCUT2D eigenvalue weighted by atomic mass is 32.2. The SMILES string of the molecule is CC[C@@H](C)N(C(=O)Cn1c(=O)c(C#N)c2n(c1=O)CCC2)[C@H]1CCS(=O)(=O)C1. The van der Waals surface area contributed by atoms with Crippen molar-refractivity contribution in [2.24, 2.45) is 0 Å². The summed E-state index contributed by atoms with van der Waals surface area (Å²) in [5, 5.41) is 9.36. The quantitative estimate of drug-likeness (QED) is 0.656. The molecule has 1 aromatic heterocycles. The van der Waals surface area contributed by atoms with Crippen LogP contribution in [0.5, 0.6) is 0 Å². The molecule has 1 amide bonds. The Labute approximate surface area is 163 Å². The van der Waals surface area contributed by atoms with Crippen LogP contribution in [0.4, 0.5) is 0 Å². The Kier molecular flexibility index (Phi) is 5.48. The molecule has 0 saturated carbocycles. The normalized spacial score (nSPS) is 21.1. The molecule has 0 unspecified atom stereocenters. The minimum absolute atomic E-state index is 0.0257. The number of fused-ring (bicyclic) bond motifs is 1. The average Bonchev–Trinajstić information content (AvgIpc) is 3.26. The molecule has 0 aliphatic carbocycles. The standard InChI is InChI=1S/C18H24N4O5S/c1-3-12(2)22(13-6-8-28(26,27)11-13)16(23)10-21-17(24)14(9-19)15-5-4-7-20(15)18(21)25/h12-13H,3-8,10-11H2,1-2H3/t12-,13+/m1/s1. The van der Waals surface area contributed by atoms with Gasteiger partial charge in [-0.15, -0.1) is 0 Å². The first-order valence-electron chi connectivity index (χ1n) is 9.48. The van der Waals surface area contributed by atoms with Gasteiger partial charge in [0.25, 0.3) is 5.56 Å². The molecule has 2 aliphatic heterocycles. The van der Waals surface area contributed by atoms with Gasteiger partial charge in [0, 0.05) is 24.3 Å². The molecule has 0 spiro atoms. The Morgan fingerprint density at radius 2 is 2.11 bits per heavy atom. The van der Waals surface area contributed by atoms with Crippen molar-refractivity contribution in [1.82, 2.24) is 14.0 Å². The summed E-state index contributed by atoms with van der Waals surface area (Å²) in [6, 6.07) is 1.18. The van der Waals surface area contributed by atoms with Crippen LogP contribution in [-0.2, 0) is 34.1 Å². The van der Waals surface area contributed by atoms with Gasteiger partial charge in [-0.1, -0.05) is 6.92 Å². The maximum atomic E-state index is 13.1. The van der Waals surface area contributed by atoms with Gasteiger partial charge in [0.15, 0.2) is 9.84 Å². The Morgan fingerprint density at radius 1 is 1.39 bits per heavy atom. The lowest BCUT2D eigenvalue weighted by Crippen LogP contribution is -2.51. The highest BCUT2D eigenvalue weighted by Crippen LogP contribution is 2.22. The van der Waals surface area contributed by atoms with E-state index in [4.69, 9.17) is 0 Å². The molecule has 0 radical (unpaired) electrons. The van der Waals surface area contributed by atoms with E-state index in [0.717, 1.165) is 4.57 Å². The second-order valence-electron chi connectivity index (χ2n) is 7.48. The van der Waals surface area contributed by atoms with Gasteiger partial charge in [-0.25, -0.2) is 17.8 Å². The molecule has 0 aromatic carbocycles. The fourth-order valence-corrected chi connectivity index (χ4v) is 5.82. The van der Waals surface area contributed by atoms with Crippen molar-refractivity contribution in [2.75, 3.05) is 11.5 Å². The van der Waals surface area contributed by atoms with E-state index >= 15 is 0 Å². The zero-order valence-electron chi connectivity index (χ0n) is 16.0. The van der Waals surface area contributed by atoms with Crippen LogP contribution in [0.3, 0.4) is 0 Å². The zero-order chi connectivity index (χ0) is 20.6. The number of nitriles is 1. The molecule has 3 heterocycles. The third-order valence-electron chi connectivity index (χ3n) is 5.69. The Morgan fingerprint density at radius 3 is 2.68 bits per heavy atom. The summed E-state index contributed by atoms with van der Waals surface area (Å²) in [5.74, 6) is -0.555. The van der Waals surface area contributed by atoms with Gasteiger partial charge in [-0.05, 0) is 32.6 Å². The number of nitrogens with zero attached hydrogens (tertiary/aromatic N) is 4. The van der Waals surface area contributed by atoms with Gasteiger partial charge in [0.2, 0.25) is 5.91 Å². The molecule has 0 bridgehead atoms. The van der Waals surface area contributed by atoms with Crippen molar-refractivity contribution in [2.45, 2.75) is 64.7 Å². The lowest BCUT2D eigenvalue weighted by Gasteiger charge is -2.33. The number of amides is 1. The maximum absolute atomic E-state index is 13.1. The number of rotatable bonds is 5. The van der Waals surface area contributed by atoms with E-state index in [9.17, 15) is 28.1 Å². The molecule has 1 aromatic rings. The van der Waals surface area contributed by atoms with Crippen LogP contribution in [0.25, 0.3) is 0 Å². The van der Waals surface area contributed by atoms with Crippen LogP contribution in [0.1, 0.15) is 44.4 Å². The number of sulfone groups is 1. The summed E-state index contributed by atoms with van der Waals surface area (Å²) in [7, 11) is -3.19. The van der Waals surface area contributed by atoms with Gasteiger partial charge >= 0.3 is 5.69 Å². The minimum atomic E-state index is -3.19. The first kappa shape index (κ1) is 20.3. The molecular formula is C18H24N4O5S. The summed E-state index contributed by atoms with van der Waals surface area (Å²) < 4.78 is 26.0. The third-order valence-corrected chi connectivity index (χ3v) is 7.44. The Bertz CT molecular complexity index is 1060. The van der Waals surface area contributed by atoms with E-state index in [1.807, 2.05) is 19.9 Å². The van der Waals surface area contributed by atoms with E-state index in [1.165, 1.54) is 9.47 Å². The lowest BCUT2D eigenvalue weighted by molar-refractivity contribution is -0.136. The van der Waals surface area contributed by atoms with Crippen molar-refractivity contribution in [3.8, 4) is 6.07 Å². The molecule has 3 rings (SSSR count). The second-order valence-corrected chi connectivity index (χ2v) is 9.71. The Balaban J connectivity index is 1.98. The van der Waals surface area contributed by atoms with E-state index in [2.05, 4.69) is 0 Å². The van der Waals surface area contributed by atoms with Gasteiger partial charge in [-0.2, -0.15) is 5.26 Å². The van der Waals surface area contributed by atoms with E-state index < -0.39 is 39.6 Å². The van der Waals surface area contributed by atoms with Crippen LogP contribution in [0, 0.1) is 11.3 Å². The van der Waals surface area contributed by atoms with Crippen LogP contribution in [0.2, 0.25) is 0 Å². The highest BCUT2D eigenvalue weighted by molar-refractivity contribution is 7.91. The summed E-state index contributed by atoms with van der Waals surface area (Å²) in [5.41, 5.74) is -1.00. The van der Waals surface area contributed by atoms with E-state index in [0.29, 0.717) is 37.9 Å². The van der Waals surface area contributed by atoms with Crippen LogP contribution < -0.4 is 11.2 Å². The summed E-state index contributed by atoms with van der Waals surface area (Å²) in [6.07, 6.45) is 2.12. The predicted molar refractivity (Wildman–Crippen MR) is 102 cm³/mol. The van der Waals surface area contributed by atoms with Crippen molar-refractivity contribution in [3.05, 3.63) is 32.1 Å². The fraction of sp³-hybridized carbons (Fsp3) is 0.667. The maximum Gasteiger partial charge on any atom is 0.331 e. The summed E-state index contributed by atoms with van der Waals surface area (Å²) in [4.78, 5) is 39.9. The number of carbonyl (C=O) groups is 1. The highest BCUT2D eigenvalue weighted by Gasteiger charge is 2.37. The predicted octanol–water partition coefficient (Wildman–Crippen LogP) is -0.358. The Hall–Kier alpha value is -2.41. The van der Waals surface area contributed by atoms with Gasteiger partial charge < -0.3 is 4.90 Å². The molecule has 28 heavy (non-hydrogen) atoms. The number of hydrogen-bond acceptors (Lipinski definition) is 6. The smallest absolute Gasteiger partial charge is 0.331 e. The average molecular weight is 408 g/mol. The number of aromatic nitrogens is 2. The molecule has 1 fully saturated rings. The molecule has 2 aliphatic rings. The second kappa shape index (κ2) is 7.54. The van der Waals surface area contributed by atoms with Gasteiger partial charge in [0.1, 0.15) is 18.2 Å². The first-order chi connectivity index (χ1) is 13.2. The summed E-state index contributed by atoms with van der Waals surface area (Å²) in [6.45, 7) is 3.63. The summed E-state index contributed by atoms with van der Waals surface area (Å²) >= 11 is 0. The number of hydrogen-bond donors (Lipinski definition) is 0. The van der Waals surface area contributed by atoms with Crippen molar-refractivity contribution in [3.63, 3.8) is 0 Å². The van der Waals surface area contributed by atoms with Gasteiger partial charge in [0.05, 0.1) is 11.5 Å². The molecule has 1 saturated heterocycles. The molecule has 0 N–H and O–H groups in total. The van der Waals surface area contributed by atoms with Crippen LogP contribution in [0.15, 0.2) is 9.59 Å². The van der Waals surface area contributed by atoms with Crippen LogP contribution >= 0.6 is 0 Å². The lowest BCUT2D eigenvalue weighted by atomic mass is 10.1. The number of carbonyl (C=O) groups excluding carboxylic acids is 1. The first-order valence-corrected chi connectivity index (χ1v) is 11.3. The molecular weight excluding hydrogens is 384 g/mol. The van der Waals surface area contributed by atoms with Crippen LogP contribution in [-0.4, -0.2) is 51.9 Å². The largest absolute Gasteiger partial charge is 0.334 e. The monoisotopic (exact) mass is 408 g/mol. The molecule has 9 nitrogen and oxygen atoms in total. The molecule has 152 valence electrons. The van der Waals surface area contributed by atoms with E-state index in [-0.39, 0.29) is 23.1 Å². The zero-order valence-corrected chi connectivity index (χ0v) is 16.9. The molecule has 10 heteroatoms. The fourth-order valence-electron chi connectivity index (χ4n) is 4.11. The van der Waals surface area contributed by atoms with Crippen molar-refractivity contribution >= 4 is 15.7 Å². The topological polar surface area (TPSA) is 122 Å². The molecule has 2 atom stereocenters.